The number of piperazine rings is 1. The predicted molar refractivity (Wildman–Crippen MR) is 112 cm³/mol. The Kier molecular flexibility index (Phi) is 6.87. The maximum Gasteiger partial charge on any atom is 0.227 e. The lowest BCUT2D eigenvalue weighted by atomic mass is 9.91. The van der Waals surface area contributed by atoms with Crippen LogP contribution in [0.25, 0.3) is 0 Å². The van der Waals surface area contributed by atoms with Crippen LogP contribution in [0.3, 0.4) is 0 Å². The van der Waals surface area contributed by atoms with Gasteiger partial charge in [0.25, 0.3) is 0 Å². The number of benzene rings is 1. The van der Waals surface area contributed by atoms with E-state index in [-0.39, 0.29) is 23.6 Å². The van der Waals surface area contributed by atoms with Crippen LogP contribution in [0.5, 0.6) is 5.75 Å². The van der Waals surface area contributed by atoms with Crippen LogP contribution in [0.15, 0.2) is 51.9 Å². The zero-order chi connectivity index (χ0) is 20.9. The number of ether oxygens (including phenoxy) is 1. The number of hydrogen-bond donors (Lipinski definition) is 0. The van der Waals surface area contributed by atoms with E-state index in [2.05, 4.69) is 34.1 Å². The molecular weight excluding hydrogens is 368 g/mol. The van der Waals surface area contributed by atoms with E-state index in [1.54, 1.807) is 0 Å². The van der Waals surface area contributed by atoms with Crippen molar-refractivity contribution in [3.63, 3.8) is 0 Å². The van der Waals surface area contributed by atoms with Crippen LogP contribution in [-0.2, 0) is 17.9 Å². The van der Waals surface area contributed by atoms with Gasteiger partial charge in [0.15, 0.2) is 5.78 Å². The molecular formula is C23H30N2O4. The molecule has 29 heavy (non-hydrogen) atoms. The average molecular weight is 399 g/mol. The molecule has 1 aliphatic rings. The number of carbonyl (C=O) groups is 1. The van der Waals surface area contributed by atoms with Gasteiger partial charge in [0.2, 0.25) is 11.2 Å². The minimum Gasteiger partial charge on any atom is -0.479 e. The van der Waals surface area contributed by atoms with Crippen molar-refractivity contribution in [1.82, 2.24) is 9.80 Å². The van der Waals surface area contributed by atoms with Gasteiger partial charge >= 0.3 is 0 Å². The highest BCUT2D eigenvalue weighted by atomic mass is 16.5. The molecule has 0 aliphatic carbocycles. The lowest BCUT2D eigenvalue weighted by molar-refractivity contribution is -0.128. The smallest absolute Gasteiger partial charge is 0.227 e. The SMILES string of the molecule is CC(C)(C)C(=O)COc1coc(CN2CCN(Cc3ccccc3)CC2)cc1=O. The molecule has 2 aromatic rings. The van der Waals surface area contributed by atoms with Crippen molar-refractivity contribution in [2.24, 2.45) is 5.41 Å². The fraction of sp³-hybridized carbons (Fsp3) is 0.478. The maximum absolute atomic E-state index is 12.3. The van der Waals surface area contributed by atoms with Gasteiger partial charge in [-0.1, -0.05) is 51.1 Å². The standard InChI is InChI=1S/C23H30N2O4/c1-23(2,3)22(27)17-29-21-16-28-19(13-20(21)26)15-25-11-9-24(10-12-25)14-18-7-5-4-6-8-18/h4-8,13,16H,9-12,14-15,17H2,1-3H3. The van der Waals surface area contributed by atoms with Gasteiger partial charge in [0.1, 0.15) is 18.6 Å². The molecule has 1 saturated heterocycles. The van der Waals surface area contributed by atoms with Gasteiger partial charge in [0, 0.05) is 44.2 Å². The first-order valence-corrected chi connectivity index (χ1v) is 10.1. The zero-order valence-electron chi connectivity index (χ0n) is 17.5. The van der Waals surface area contributed by atoms with Crippen molar-refractivity contribution in [1.29, 1.82) is 0 Å². The van der Waals surface area contributed by atoms with Crippen molar-refractivity contribution in [3.8, 4) is 5.75 Å². The van der Waals surface area contributed by atoms with Crippen molar-refractivity contribution in [2.75, 3.05) is 32.8 Å². The van der Waals surface area contributed by atoms with Crippen molar-refractivity contribution in [2.45, 2.75) is 33.9 Å². The molecule has 0 amide bonds. The van der Waals surface area contributed by atoms with E-state index < -0.39 is 5.41 Å². The fourth-order valence-electron chi connectivity index (χ4n) is 3.15. The van der Waals surface area contributed by atoms with Gasteiger partial charge < -0.3 is 9.15 Å². The molecule has 3 rings (SSSR count). The molecule has 156 valence electrons. The molecule has 0 N–H and O–H groups in total. The quantitative estimate of drug-likeness (QED) is 0.715. The number of nitrogens with zero attached hydrogens (tertiary/aromatic N) is 2. The Labute approximate surface area is 172 Å². The van der Waals surface area contributed by atoms with Gasteiger partial charge in [-0.15, -0.1) is 0 Å². The lowest BCUT2D eigenvalue weighted by Gasteiger charge is -2.34. The second-order valence-corrected chi connectivity index (χ2v) is 8.57. The summed E-state index contributed by atoms with van der Waals surface area (Å²) < 4.78 is 11.0. The molecule has 1 aliphatic heterocycles. The molecule has 1 aromatic heterocycles. The number of Topliss-reactive ketones (excluding diaryl/α,β-unsaturated/α-hetero) is 1. The molecule has 2 heterocycles. The van der Waals surface area contributed by atoms with Gasteiger partial charge in [-0.3, -0.25) is 19.4 Å². The topological polar surface area (TPSA) is 63.0 Å². The minimum atomic E-state index is -0.497. The van der Waals surface area contributed by atoms with E-state index >= 15 is 0 Å². The van der Waals surface area contributed by atoms with E-state index in [1.807, 2.05) is 26.8 Å². The summed E-state index contributed by atoms with van der Waals surface area (Å²) in [4.78, 5) is 28.9. The van der Waals surface area contributed by atoms with Crippen molar-refractivity contribution >= 4 is 5.78 Å². The summed E-state index contributed by atoms with van der Waals surface area (Å²) in [5.74, 6) is 0.634. The Morgan fingerprint density at radius 1 is 1.03 bits per heavy atom. The summed E-state index contributed by atoms with van der Waals surface area (Å²) in [6.45, 7) is 10.7. The van der Waals surface area contributed by atoms with Crippen LogP contribution in [0.1, 0.15) is 32.1 Å². The largest absolute Gasteiger partial charge is 0.479 e. The van der Waals surface area contributed by atoms with E-state index in [0.29, 0.717) is 12.3 Å². The van der Waals surface area contributed by atoms with Crippen LogP contribution in [-0.4, -0.2) is 48.4 Å². The minimum absolute atomic E-state index is 0.0608. The van der Waals surface area contributed by atoms with E-state index in [9.17, 15) is 9.59 Å². The first kappa shape index (κ1) is 21.3. The third-order valence-corrected chi connectivity index (χ3v) is 5.14. The maximum atomic E-state index is 12.3. The highest BCUT2D eigenvalue weighted by Crippen LogP contribution is 2.16. The van der Waals surface area contributed by atoms with Gasteiger partial charge in [-0.25, -0.2) is 0 Å². The summed E-state index contributed by atoms with van der Waals surface area (Å²) in [5, 5.41) is 0. The molecule has 6 heteroatoms. The second-order valence-electron chi connectivity index (χ2n) is 8.57. The predicted octanol–water partition coefficient (Wildman–Crippen LogP) is 2.95. The Morgan fingerprint density at radius 2 is 1.66 bits per heavy atom. The van der Waals surface area contributed by atoms with Gasteiger partial charge in [-0.2, -0.15) is 0 Å². The summed E-state index contributed by atoms with van der Waals surface area (Å²) in [5.41, 5.74) is 0.575. The monoisotopic (exact) mass is 398 g/mol. The third kappa shape index (κ3) is 6.27. The number of carbonyl (C=O) groups excluding carboxylic acids is 1. The van der Waals surface area contributed by atoms with E-state index in [4.69, 9.17) is 9.15 Å². The lowest BCUT2D eigenvalue weighted by Crippen LogP contribution is -2.45. The third-order valence-electron chi connectivity index (χ3n) is 5.14. The van der Waals surface area contributed by atoms with Crippen LogP contribution < -0.4 is 10.2 Å². The molecule has 0 bridgehead atoms. The van der Waals surface area contributed by atoms with Crippen molar-refractivity contribution in [3.05, 3.63) is 64.2 Å². The van der Waals surface area contributed by atoms with Gasteiger partial charge in [-0.05, 0) is 5.56 Å². The molecule has 0 unspecified atom stereocenters. The molecule has 1 fully saturated rings. The van der Waals surface area contributed by atoms with Gasteiger partial charge in [0.05, 0.1) is 6.54 Å². The molecule has 1 aromatic carbocycles. The number of hydrogen-bond acceptors (Lipinski definition) is 6. The van der Waals surface area contributed by atoms with E-state index in [0.717, 1.165) is 32.7 Å². The molecule has 0 atom stereocenters. The normalized spacial score (nSPS) is 16.0. The first-order chi connectivity index (χ1) is 13.8. The van der Waals surface area contributed by atoms with Crippen LogP contribution >= 0.6 is 0 Å². The van der Waals surface area contributed by atoms with Crippen LogP contribution in [0, 0.1) is 5.41 Å². The molecule has 0 saturated carbocycles. The Hall–Kier alpha value is -2.44. The summed E-state index contributed by atoms with van der Waals surface area (Å²) >= 11 is 0. The number of ketones is 1. The highest BCUT2D eigenvalue weighted by molar-refractivity contribution is 5.85. The molecule has 6 nitrogen and oxygen atoms in total. The first-order valence-electron chi connectivity index (χ1n) is 10.1. The Bertz CT molecular complexity index is 862. The fourth-order valence-corrected chi connectivity index (χ4v) is 3.15. The number of rotatable bonds is 7. The van der Waals surface area contributed by atoms with Crippen LogP contribution in [0.2, 0.25) is 0 Å². The summed E-state index contributed by atoms with van der Waals surface area (Å²) in [7, 11) is 0. The molecule has 0 radical (unpaired) electrons. The Balaban J connectivity index is 1.48. The summed E-state index contributed by atoms with van der Waals surface area (Å²) in [6.07, 6.45) is 1.32. The highest BCUT2D eigenvalue weighted by Gasteiger charge is 2.22. The zero-order valence-corrected chi connectivity index (χ0v) is 17.5. The molecule has 0 spiro atoms. The second kappa shape index (κ2) is 9.37. The van der Waals surface area contributed by atoms with E-state index in [1.165, 1.54) is 17.9 Å². The Morgan fingerprint density at radius 3 is 2.24 bits per heavy atom. The van der Waals surface area contributed by atoms with Crippen LogP contribution in [0.4, 0.5) is 0 Å². The van der Waals surface area contributed by atoms with Crippen molar-refractivity contribution < 1.29 is 13.9 Å². The average Bonchev–Trinajstić information content (AvgIpc) is 2.69. The summed E-state index contributed by atoms with van der Waals surface area (Å²) in [6, 6.07) is 11.9.